The number of aliphatic hydroxyl groups is 2. The molecule has 0 saturated carbocycles. The van der Waals surface area contributed by atoms with Crippen LogP contribution in [0, 0.1) is 22.7 Å². The summed E-state index contributed by atoms with van der Waals surface area (Å²) in [6, 6.07) is 24.4. The minimum Gasteiger partial charge on any atom is -0.491 e. The van der Waals surface area contributed by atoms with Gasteiger partial charge in [0.1, 0.15) is 12.4 Å². The lowest BCUT2D eigenvalue weighted by atomic mass is 9.97. The fourth-order valence-electron chi connectivity index (χ4n) is 4.63. The average molecular weight is 503 g/mol. The van der Waals surface area contributed by atoms with Crippen LogP contribution in [-0.2, 0) is 0 Å². The summed E-state index contributed by atoms with van der Waals surface area (Å²) in [5, 5.41) is 38.2. The second-order valence-electron chi connectivity index (χ2n) is 8.56. The highest BCUT2D eigenvalue weighted by Crippen LogP contribution is 2.38. The molecule has 1 heterocycles. The molecule has 184 valence electrons. The summed E-state index contributed by atoms with van der Waals surface area (Å²) in [6.07, 6.45) is 0. The summed E-state index contributed by atoms with van der Waals surface area (Å²) in [5.74, 6) is 0.590. The number of piperazine rings is 1. The first-order valence-electron chi connectivity index (χ1n) is 11.7. The molecule has 0 spiro atoms. The fourth-order valence-corrected chi connectivity index (χ4v) is 4.90. The lowest BCUT2D eigenvalue weighted by Crippen LogP contribution is -2.50. The topological polar surface area (TPSA) is 104 Å². The lowest BCUT2D eigenvalue weighted by Gasteiger charge is -2.46. The van der Waals surface area contributed by atoms with Crippen molar-refractivity contribution >= 4 is 17.3 Å². The number of ether oxygens (including phenoxy) is 1. The van der Waals surface area contributed by atoms with Gasteiger partial charge >= 0.3 is 0 Å². The Bertz CT molecular complexity index is 1250. The van der Waals surface area contributed by atoms with Crippen molar-refractivity contribution in [2.24, 2.45) is 0 Å². The smallest absolute Gasteiger partial charge is 0.121 e. The number of anilines is 1. The number of aliphatic hydroxyl groups excluding tert-OH is 2. The van der Waals surface area contributed by atoms with Gasteiger partial charge in [-0.2, -0.15) is 10.5 Å². The van der Waals surface area contributed by atoms with E-state index in [2.05, 4.69) is 21.9 Å². The molecule has 0 bridgehead atoms. The van der Waals surface area contributed by atoms with E-state index in [9.17, 15) is 10.4 Å². The van der Waals surface area contributed by atoms with Crippen molar-refractivity contribution in [3.63, 3.8) is 0 Å². The summed E-state index contributed by atoms with van der Waals surface area (Å²) in [7, 11) is 0. The highest BCUT2D eigenvalue weighted by Gasteiger charge is 2.33. The Morgan fingerprint density at radius 3 is 2.19 bits per heavy atom. The van der Waals surface area contributed by atoms with E-state index >= 15 is 0 Å². The predicted molar refractivity (Wildman–Crippen MR) is 138 cm³/mol. The van der Waals surface area contributed by atoms with E-state index in [1.807, 2.05) is 48.5 Å². The summed E-state index contributed by atoms with van der Waals surface area (Å²) in [6.45, 7) is 2.04. The zero-order valence-electron chi connectivity index (χ0n) is 19.7. The van der Waals surface area contributed by atoms with Crippen LogP contribution in [0.4, 0.5) is 5.69 Å². The molecule has 2 N–H and O–H groups in total. The molecule has 1 aliphatic rings. The Morgan fingerprint density at radius 2 is 1.61 bits per heavy atom. The van der Waals surface area contributed by atoms with Gasteiger partial charge in [0.15, 0.2) is 0 Å². The Kier molecular flexibility index (Phi) is 8.43. The van der Waals surface area contributed by atoms with Gasteiger partial charge in [-0.1, -0.05) is 35.9 Å². The average Bonchev–Trinajstić information content (AvgIpc) is 2.93. The first-order chi connectivity index (χ1) is 17.6. The van der Waals surface area contributed by atoms with E-state index < -0.39 is 0 Å². The summed E-state index contributed by atoms with van der Waals surface area (Å²) >= 11 is 6.69. The number of rotatable bonds is 8. The van der Waals surface area contributed by atoms with E-state index in [-0.39, 0.29) is 31.9 Å². The Balaban J connectivity index is 1.65. The van der Waals surface area contributed by atoms with Gasteiger partial charge in [0, 0.05) is 25.7 Å². The largest absolute Gasteiger partial charge is 0.491 e. The third-order valence-electron chi connectivity index (χ3n) is 6.46. The molecule has 0 unspecified atom stereocenters. The molecule has 36 heavy (non-hydrogen) atoms. The number of nitriles is 2. The molecule has 0 aromatic heterocycles. The van der Waals surface area contributed by atoms with Gasteiger partial charge in [0.05, 0.1) is 59.3 Å². The van der Waals surface area contributed by atoms with Gasteiger partial charge in [-0.25, -0.2) is 0 Å². The van der Waals surface area contributed by atoms with Crippen LogP contribution in [0.3, 0.4) is 0 Å². The van der Waals surface area contributed by atoms with E-state index in [1.54, 1.807) is 18.2 Å². The van der Waals surface area contributed by atoms with Crippen LogP contribution in [0.5, 0.6) is 5.75 Å². The first kappa shape index (κ1) is 25.5. The second kappa shape index (κ2) is 11.9. The quantitative estimate of drug-likeness (QED) is 0.479. The molecule has 1 aliphatic heterocycles. The normalized spacial score (nSPS) is 16.7. The van der Waals surface area contributed by atoms with Crippen LogP contribution < -0.4 is 9.64 Å². The van der Waals surface area contributed by atoms with Crippen LogP contribution in [0.25, 0.3) is 0 Å². The highest BCUT2D eigenvalue weighted by atomic mass is 35.5. The fraction of sp³-hybridized carbons (Fsp3) is 0.286. The van der Waals surface area contributed by atoms with E-state index in [0.29, 0.717) is 41.5 Å². The molecule has 3 aromatic carbocycles. The Morgan fingerprint density at radius 1 is 0.944 bits per heavy atom. The molecule has 7 nitrogen and oxygen atoms in total. The SMILES string of the molecule is N#Cc1ccc([C@@H](CO)N2CCN(c3ccc(OCCO)cc3Cl)[C@H](c3ccc(C#N)cc3)C2)cc1. The molecule has 1 saturated heterocycles. The van der Waals surface area contributed by atoms with Gasteiger partial charge in [-0.15, -0.1) is 0 Å². The molecule has 1 fully saturated rings. The second-order valence-corrected chi connectivity index (χ2v) is 8.96. The number of nitrogens with zero attached hydrogens (tertiary/aromatic N) is 4. The van der Waals surface area contributed by atoms with Gasteiger partial charge in [-0.3, -0.25) is 4.90 Å². The highest BCUT2D eigenvalue weighted by molar-refractivity contribution is 6.33. The van der Waals surface area contributed by atoms with Gasteiger partial charge in [-0.05, 0) is 47.5 Å². The van der Waals surface area contributed by atoms with Crippen molar-refractivity contribution in [2.45, 2.75) is 12.1 Å². The van der Waals surface area contributed by atoms with Crippen molar-refractivity contribution in [2.75, 3.05) is 44.4 Å². The maximum atomic E-state index is 10.3. The first-order valence-corrected chi connectivity index (χ1v) is 12.1. The van der Waals surface area contributed by atoms with Gasteiger partial charge in [0.25, 0.3) is 0 Å². The van der Waals surface area contributed by atoms with Crippen molar-refractivity contribution in [1.29, 1.82) is 10.5 Å². The van der Waals surface area contributed by atoms with Crippen molar-refractivity contribution in [3.05, 3.63) is 94.0 Å². The number of benzene rings is 3. The van der Waals surface area contributed by atoms with Crippen LogP contribution in [0.15, 0.2) is 66.7 Å². The number of hydrogen-bond acceptors (Lipinski definition) is 7. The number of hydrogen-bond donors (Lipinski definition) is 2. The van der Waals surface area contributed by atoms with Gasteiger partial charge in [0.2, 0.25) is 0 Å². The lowest BCUT2D eigenvalue weighted by molar-refractivity contribution is 0.103. The molecule has 3 aromatic rings. The monoisotopic (exact) mass is 502 g/mol. The van der Waals surface area contributed by atoms with Crippen molar-refractivity contribution < 1.29 is 14.9 Å². The molecule has 0 aliphatic carbocycles. The summed E-state index contributed by atoms with van der Waals surface area (Å²) < 4.78 is 5.50. The van der Waals surface area contributed by atoms with Crippen LogP contribution >= 0.6 is 11.6 Å². The zero-order chi connectivity index (χ0) is 25.5. The molecule has 2 atom stereocenters. The summed E-state index contributed by atoms with van der Waals surface area (Å²) in [4.78, 5) is 4.48. The summed E-state index contributed by atoms with van der Waals surface area (Å²) in [5.41, 5.74) is 4.02. The van der Waals surface area contributed by atoms with E-state index in [1.165, 1.54) is 0 Å². The van der Waals surface area contributed by atoms with E-state index in [0.717, 1.165) is 16.8 Å². The maximum absolute atomic E-state index is 10.3. The maximum Gasteiger partial charge on any atom is 0.121 e. The van der Waals surface area contributed by atoms with Crippen molar-refractivity contribution in [3.8, 4) is 17.9 Å². The third kappa shape index (κ3) is 5.62. The molecular weight excluding hydrogens is 476 g/mol. The van der Waals surface area contributed by atoms with Crippen LogP contribution in [0.2, 0.25) is 5.02 Å². The Hall–Kier alpha value is -3.59. The minimum atomic E-state index is -0.217. The van der Waals surface area contributed by atoms with Crippen LogP contribution in [-0.4, -0.2) is 54.6 Å². The zero-order valence-corrected chi connectivity index (χ0v) is 20.5. The standard InChI is InChI=1S/C28H27ClN4O3/c29-25-15-24(36-14-13-34)9-10-26(25)33-12-11-32(18-27(33)22-5-1-20(16-30)2-6-22)28(19-35)23-7-3-21(17-31)4-8-23/h1-10,15,27-28,34-35H,11-14,18-19H2/t27-,28+/m0/s1. The molecule has 0 amide bonds. The van der Waals surface area contributed by atoms with Crippen LogP contribution in [0.1, 0.15) is 34.3 Å². The Labute approximate surface area is 215 Å². The minimum absolute atomic E-state index is 0.0519. The molecule has 8 heteroatoms. The predicted octanol–water partition coefficient (Wildman–Crippen LogP) is 4.05. The third-order valence-corrected chi connectivity index (χ3v) is 6.77. The molecule has 4 rings (SSSR count). The van der Waals surface area contributed by atoms with Gasteiger partial charge < -0.3 is 19.8 Å². The number of halogens is 1. The van der Waals surface area contributed by atoms with Crippen molar-refractivity contribution in [1.82, 2.24) is 4.90 Å². The van der Waals surface area contributed by atoms with E-state index in [4.69, 9.17) is 26.7 Å². The molecular formula is C28H27ClN4O3. The molecule has 0 radical (unpaired) electrons.